The van der Waals surface area contributed by atoms with Gasteiger partial charge in [0.05, 0.1) is 6.61 Å². The Balaban J connectivity index is 2.27. The van der Waals surface area contributed by atoms with Crippen molar-refractivity contribution >= 4 is 11.9 Å². The van der Waals surface area contributed by atoms with Gasteiger partial charge in [0.15, 0.2) is 0 Å². The van der Waals surface area contributed by atoms with Gasteiger partial charge < -0.3 is 9.47 Å². The average Bonchev–Trinajstić information content (AvgIpc) is 2.45. The third-order valence-electron chi connectivity index (χ3n) is 2.77. The second-order valence-electron chi connectivity index (χ2n) is 4.55. The summed E-state index contributed by atoms with van der Waals surface area (Å²) in [6.07, 6.45) is 2.63. The zero-order valence-corrected chi connectivity index (χ0v) is 12.2. The topological polar surface area (TPSA) is 52.6 Å². The minimum absolute atomic E-state index is 0.220. The van der Waals surface area contributed by atoms with Crippen molar-refractivity contribution in [2.45, 2.75) is 46.0 Å². The van der Waals surface area contributed by atoms with Gasteiger partial charge in [-0.15, -0.1) is 0 Å². The monoisotopic (exact) mass is 278 g/mol. The molecule has 0 unspecified atom stereocenters. The van der Waals surface area contributed by atoms with Crippen molar-refractivity contribution in [3.8, 4) is 5.75 Å². The van der Waals surface area contributed by atoms with E-state index < -0.39 is 0 Å². The minimum Gasteiger partial charge on any atom is -0.466 e. The molecule has 1 rings (SSSR count). The van der Waals surface area contributed by atoms with Gasteiger partial charge in [0, 0.05) is 12.8 Å². The Kier molecular flexibility index (Phi) is 7.40. The number of ether oxygens (including phenoxy) is 2. The molecule has 0 radical (unpaired) electrons. The predicted molar refractivity (Wildman–Crippen MR) is 76.6 cm³/mol. The maximum Gasteiger partial charge on any atom is 0.311 e. The summed E-state index contributed by atoms with van der Waals surface area (Å²) in [6, 6.07) is 7.46. The molecule has 0 spiro atoms. The second-order valence-corrected chi connectivity index (χ2v) is 4.55. The highest BCUT2D eigenvalue weighted by Crippen LogP contribution is 2.14. The van der Waals surface area contributed by atoms with E-state index in [9.17, 15) is 9.59 Å². The quantitative estimate of drug-likeness (QED) is 0.541. The van der Waals surface area contributed by atoms with E-state index in [0.717, 1.165) is 18.4 Å². The van der Waals surface area contributed by atoms with Gasteiger partial charge in [0.2, 0.25) is 0 Å². The Hall–Kier alpha value is -1.84. The molecule has 0 aliphatic heterocycles. The van der Waals surface area contributed by atoms with Crippen LogP contribution in [0.3, 0.4) is 0 Å². The fraction of sp³-hybridized carbons (Fsp3) is 0.500. The molecule has 0 aromatic heterocycles. The number of aryl methyl sites for hydroxylation is 1. The first-order valence-corrected chi connectivity index (χ1v) is 7.11. The molecule has 0 atom stereocenters. The molecule has 0 amide bonds. The van der Waals surface area contributed by atoms with Gasteiger partial charge in [-0.05, 0) is 37.0 Å². The zero-order valence-electron chi connectivity index (χ0n) is 12.2. The standard InChI is InChI=1S/C16H22O4/c1-3-11-19-15(17)9-6-10-16(18)20-14-8-5-7-13(4-2)12-14/h5,7-8,12H,3-4,6,9-11H2,1-2H3. The summed E-state index contributed by atoms with van der Waals surface area (Å²) in [5, 5.41) is 0. The van der Waals surface area contributed by atoms with E-state index in [1.54, 1.807) is 6.07 Å². The van der Waals surface area contributed by atoms with Crippen LogP contribution in [0.2, 0.25) is 0 Å². The molecule has 4 nitrogen and oxygen atoms in total. The fourth-order valence-electron chi connectivity index (χ4n) is 1.68. The molecule has 0 fully saturated rings. The van der Waals surface area contributed by atoms with Crippen molar-refractivity contribution < 1.29 is 19.1 Å². The lowest BCUT2D eigenvalue weighted by molar-refractivity contribution is -0.144. The molecule has 0 saturated carbocycles. The van der Waals surface area contributed by atoms with Crippen LogP contribution in [0.1, 0.15) is 45.1 Å². The van der Waals surface area contributed by atoms with E-state index >= 15 is 0 Å². The first-order valence-electron chi connectivity index (χ1n) is 7.11. The summed E-state index contributed by atoms with van der Waals surface area (Å²) in [7, 11) is 0. The van der Waals surface area contributed by atoms with Crippen LogP contribution in [0.25, 0.3) is 0 Å². The Morgan fingerprint density at radius 3 is 2.55 bits per heavy atom. The number of rotatable bonds is 8. The molecule has 0 aliphatic carbocycles. The van der Waals surface area contributed by atoms with E-state index in [1.165, 1.54) is 0 Å². The van der Waals surface area contributed by atoms with Crippen molar-refractivity contribution in [2.24, 2.45) is 0 Å². The summed E-state index contributed by atoms with van der Waals surface area (Å²) in [5.74, 6) is -0.0166. The van der Waals surface area contributed by atoms with Crippen molar-refractivity contribution in [3.63, 3.8) is 0 Å². The number of hydrogen-bond donors (Lipinski definition) is 0. The normalized spacial score (nSPS) is 10.1. The molecule has 20 heavy (non-hydrogen) atoms. The van der Waals surface area contributed by atoms with E-state index in [2.05, 4.69) is 0 Å². The number of benzene rings is 1. The van der Waals surface area contributed by atoms with Crippen LogP contribution in [0, 0.1) is 0 Å². The maximum absolute atomic E-state index is 11.6. The summed E-state index contributed by atoms with van der Waals surface area (Å²) in [4.78, 5) is 22.9. The van der Waals surface area contributed by atoms with Crippen LogP contribution < -0.4 is 4.74 Å². The third-order valence-corrected chi connectivity index (χ3v) is 2.77. The van der Waals surface area contributed by atoms with E-state index in [1.807, 2.05) is 32.0 Å². The minimum atomic E-state index is -0.318. The molecular weight excluding hydrogens is 256 g/mol. The van der Waals surface area contributed by atoms with Crippen LogP contribution in [0.5, 0.6) is 5.75 Å². The summed E-state index contributed by atoms with van der Waals surface area (Å²) in [6.45, 7) is 4.42. The first-order chi connectivity index (χ1) is 9.65. The molecule has 0 saturated heterocycles. The van der Waals surface area contributed by atoms with Crippen molar-refractivity contribution in [1.82, 2.24) is 0 Å². The smallest absolute Gasteiger partial charge is 0.311 e. The van der Waals surface area contributed by atoms with Crippen LogP contribution in [-0.2, 0) is 20.7 Å². The number of esters is 2. The summed E-state index contributed by atoms with van der Waals surface area (Å²) < 4.78 is 10.2. The maximum atomic E-state index is 11.6. The van der Waals surface area contributed by atoms with Gasteiger partial charge in [-0.2, -0.15) is 0 Å². The lowest BCUT2D eigenvalue weighted by Crippen LogP contribution is -2.10. The highest BCUT2D eigenvalue weighted by atomic mass is 16.5. The summed E-state index contributed by atoms with van der Waals surface area (Å²) in [5.41, 5.74) is 1.12. The van der Waals surface area contributed by atoms with Gasteiger partial charge in [-0.25, -0.2) is 0 Å². The zero-order chi connectivity index (χ0) is 14.8. The molecule has 0 N–H and O–H groups in total. The Labute approximate surface area is 120 Å². The number of carbonyl (C=O) groups excluding carboxylic acids is 2. The molecule has 0 bridgehead atoms. The van der Waals surface area contributed by atoms with Gasteiger partial charge in [0.25, 0.3) is 0 Å². The number of hydrogen-bond acceptors (Lipinski definition) is 4. The van der Waals surface area contributed by atoms with Gasteiger partial charge in [0.1, 0.15) is 5.75 Å². The largest absolute Gasteiger partial charge is 0.466 e. The van der Waals surface area contributed by atoms with Gasteiger partial charge >= 0.3 is 11.9 Å². The van der Waals surface area contributed by atoms with Crippen LogP contribution in [0.4, 0.5) is 0 Å². The molecule has 0 heterocycles. The summed E-state index contributed by atoms with van der Waals surface area (Å²) >= 11 is 0. The van der Waals surface area contributed by atoms with E-state index in [-0.39, 0.29) is 24.8 Å². The molecular formula is C16H22O4. The third kappa shape index (κ3) is 6.36. The van der Waals surface area contributed by atoms with E-state index in [4.69, 9.17) is 9.47 Å². The molecule has 1 aromatic rings. The van der Waals surface area contributed by atoms with Gasteiger partial charge in [-0.1, -0.05) is 26.0 Å². The first kappa shape index (κ1) is 16.2. The van der Waals surface area contributed by atoms with Crippen LogP contribution in [-0.4, -0.2) is 18.5 Å². The Bertz CT molecular complexity index is 440. The fourth-order valence-corrected chi connectivity index (χ4v) is 1.68. The Morgan fingerprint density at radius 2 is 1.85 bits per heavy atom. The lowest BCUT2D eigenvalue weighted by atomic mass is 10.2. The average molecular weight is 278 g/mol. The molecule has 1 aromatic carbocycles. The molecule has 4 heteroatoms. The second kappa shape index (κ2) is 9.13. The van der Waals surface area contributed by atoms with Crippen molar-refractivity contribution in [3.05, 3.63) is 29.8 Å². The predicted octanol–water partition coefficient (Wildman–Crippen LogP) is 3.28. The van der Waals surface area contributed by atoms with Crippen LogP contribution >= 0.6 is 0 Å². The van der Waals surface area contributed by atoms with E-state index in [0.29, 0.717) is 18.8 Å². The molecule has 0 aliphatic rings. The lowest BCUT2D eigenvalue weighted by Gasteiger charge is -2.06. The SMILES string of the molecule is CCCOC(=O)CCCC(=O)Oc1cccc(CC)c1. The van der Waals surface area contributed by atoms with Gasteiger partial charge in [-0.3, -0.25) is 9.59 Å². The molecule has 110 valence electrons. The number of carbonyl (C=O) groups is 2. The highest BCUT2D eigenvalue weighted by molar-refractivity contribution is 5.74. The van der Waals surface area contributed by atoms with Crippen LogP contribution in [0.15, 0.2) is 24.3 Å². The highest BCUT2D eigenvalue weighted by Gasteiger charge is 2.08. The Morgan fingerprint density at radius 1 is 1.10 bits per heavy atom. The van der Waals surface area contributed by atoms with Crippen molar-refractivity contribution in [2.75, 3.05) is 6.61 Å². The van der Waals surface area contributed by atoms with Crippen molar-refractivity contribution in [1.29, 1.82) is 0 Å².